The van der Waals surface area contributed by atoms with Gasteiger partial charge >= 0.3 is 29.8 Å². The Morgan fingerprint density at radius 1 is 0.661 bits per heavy atom. The van der Waals surface area contributed by atoms with Crippen molar-refractivity contribution >= 4 is 29.8 Å². The molecule has 1 heterocycles. The Morgan fingerprint density at radius 2 is 1.29 bits per heavy atom. The average Bonchev–Trinajstić information content (AvgIpc) is 3.49. The Balaban J connectivity index is 1.35. The summed E-state index contributed by atoms with van der Waals surface area (Å²) in [5.74, 6) is -1.36. The molecule has 1 aliphatic heterocycles. The van der Waals surface area contributed by atoms with Gasteiger partial charge in [0.15, 0.2) is 12.2 Å². The highest BCUT2D eigenvalue weighted by atomic mass is 16.7. The topological polar surface area (TPSA) is 161 Å². The van der Waals surface area contributed by atoms with Crippen molar-refractivity contribution < 1.29 is 57.5 Å². The van der Waals surface area contributed by atoms with E-state index in [0.29, 0.717) is 36.5 Å². The average molecular weight is 789 g/mol. The molecule has 6 fully saturated rings. The first-order valence-electron chi connectivity index (χ1n) is 21.2. The zero-order chi connectivity index (χ0) is 41.3. The van der Waals surface area contributed by atoms with Crippen LogP contribution >= 0.6 is 0 Å². The van der Waals surface area contributed by atoms with Gasteiger partial charge in [0.05, 0.1) is 11.5 Å². The van der Waals surface area contributed by atoms with E-state index in [0.717, 1.165) is 51.4 Å². The third kappa shape index (κ3) is 6.88. The molecule has 0 spiro atoms. The van der Waals surface area contributed by atoms with Crippen LogP contribution in [-0.4, -0.2) is 78.4 Å². The van der Waals surface area contributed by atoms with Crippen LogP contribution in [0.25, 0.3) is 0 Å². The van der Waals surface area contributed by atoms with E-state index in [1.165, 1.54) is 27.7 Å². The lowest BCUT2D eigenvalue weighted by Crippen LogP contribution is -2.67. The van der Waals surface area contributed by atoms with E-state index in [2.05, 4.69) is 48.5 Å². The SMILES string of the molecule is CC(=O)OC[C@H]1O[C@@H](OC(=O)[C@]23CC[C@@H](C(C)C)[C@@H]2[C@H]2CC[C@@H]4[C@@]5(C)CC[C@H](O)C(C)(C)[C@@H]5CC[C@@]4(C)[C@]2(C)CC3)[C@H](OC(C)=O)[C@@H](OC(C)=O)[C@H]1OC(C)=O. The first-order chi connectivity index (χ1) is 26.0. The molecule has 12 heteroatoms. The summed E-state index contributed by atoms with van der Waals surface area (Å²) in [7, 11) is 0. The fourth-order valence-electron chi connectivity index (χ4n) is 14.2. The Hall–Kier alpha value is -2.73. The van der Waals surface area contributed by atoms with Crippen LogP contribution in [0.3, 0.4) is 0 Å². The summed E-state index contributed by atoms with van der Waals surface area (Å²) in [6, 6.07) is 0. The van der Waals surface area contributed by atoms with Crippen molar-refractivity contribution in [3.8, 4) is 0 Å². The number of aliphatic hydroxyl groups excluding tert-OH is 1. The van der Waals surface area contributed by atoms with E-state index in [1.54, 1.807) is 0 Å². The smallest absolute Gasteiger partial charge is 0.314 e. The number of fused-ring (bicyclic) bond motifs is 7. The maximum absolute atomic E-state index is 15.2. The molecule has 316 valence electrons. The molecule has 0 radical (unpaired) electrons. The van der Waals surface area contributed by atoms with Gasteiger partial charge in [0.1, 0.15) is 12.7 Å². The number of ether oxygens (including phenoxy) is 6. The lowest BCUT2D eigenvalue weighted by Gasteiger charge is -2.72. The molecular weight excluding hydrogens is 720 g/mol. The third-order valence-corrected chi connectivity index (χ3v) is 16.9. The number of carbonyl (C=O) groups is 5. The second kappa shape index (κ2) is 15.1. The molecule has 0 amide bonds. The van der Waals surface area contributed by atoms with Crippen LogP contribution in [0, 0.1) is 62.6 Å². The van der Waals surface area contributed by atoms with Gasteiger partial charge in [0.2, 0.25) is 12.4 Å². The molecule has 12 nitrogen and oxygen atoms in total. The van der Waals surface area contributed by atoms with Crippen LogP contribution < -0.4 is 0 Å². The minimum Gasteiger partial charge on any atom is -0.463 e. The maximum atomic E-state index is 15.2. The zero-order valence-electron chi connectivity index (χ0n) is 35.6. The highest BCUT2D eigenvalue weighted by molar-refractivity contribution is 5.78. The summed E-state index contributed by atoms with van der Waals surface area (Å²) in [5.41, 5.74) is -0.802. The van der Waals surface area contributed by atoms with Gasteiger partial charge in [0.25, 0.3) is 0 Å². The minimum atomic E-state index is -1.54. The molecule has 5 saturated carbocycles. The third-order valence-electron chi connectivity index (χ3n) is 16.9. The number of carbonyl (C=O) groups excluding carboxylic acids is 5. The zero-order valence-corrected chi connectivity index (χ0v) is 35.6. The number of esters is 5. The summed E-state index contributed by atoms with van der Waals surface area (Å²) in [5, 5.41) is 11.2. The second-order valence-electron chi connectivity index (χ2n) is 20.1. The lowest BCUT2D eigenvalue weighted by molar-refractivity contribution is -0.305. The van der Waals surface area contributed by atoms with E-state index in [9.17, 15) is 24.3 Å². The van der Waals surface area contributed by atoms with Crippen LogP contribution in [0.2, 0.25) is 0 Å². The van der Waals surface area contributed by atoms with Gasteiger partial charge < -0.3 is 33.5 Å². The van der Waals surface area contributed by atoms with Gasteiger partial charge in [-0.3, -0.25) is 24.0 Å². The first kappa shape index (κ1) is 42.9. The number of hydrogen-bond acceptors (Lipinski definition) is 12. The van der Waals surface area contributed by atoms with E-state index in [1.807, 2.05) is 0 Å². The van der Waals surface area contributed by atoms with Gasteiger partial charge in [-0.25, -0.2) is 0 Å². The summed E-state index contributed by atoms with van der Waals surface area (Å²) in [6.45, 7) is 21.0. The van der Waals surface area contributed by atoms with E-state index in [4.69, 9.17) is 28.4 Å². The molecule has 5 aliphatic carbocycles. The minimum absolute atomic E-state index is 0.0234. The van der Waals surface area contributed by atoms with Crippen LogP contribution in [0.4, 0.5) is 0 Å². The van der Waals surface area contributed by atoms with Crippen molar-refractivity contribution in [2.75, 3.05) is 6.61 Å². The van der Waals surface area contributed by atoms with Gasteiger partial charge in [-0.2, -0.15) is 0 Å². The Bertz CT molecular complexity index is 1560. The summed E-state index contributed by atoms with van der Waals surface area (Å²) in [4.78, 5) is 64.4. The van der Waals surface area contributed by atoms with Crippen LogP contribution in [0.15, 0.2) is 0 Å². The van der Waals surface area contributed by atoms with Crippen LogP contribution in [0.5, 0.6) is 0 Å². The first-order valence-corrected chi connectivity index (χ1v) is 21.2. The molecule has 0 aromatic rings. The predicted octanol–water partition coefficient (Wildman–Crippen LogP) is 6.71. The number of hydrogen-bond donors (Lipinski definition) is 1. The summed E-state index contributed by atoms with van der Waals surface area (Å²) < 4.78 is 34.8. The Kier molecular flexibility index (Phi) is 11.6. The van der Waals surface area contributed by atoms with E-state index in [-0.39, 0.29) is 39.6 Å². The molecular formula is C44H68O12. The largest absolute Gasteiger partial charge is 0.463 e. The van der Waals surface area contributed by atoms with Crippen molar-refractivity contribution in [1.29, 1.82) is 0 Å². The molecule has 56 heavy (non-hydrogen) atoms. The molecule has 15 atom stereocenters. The van der Waals surface area contributed by atoms with E-state index >= 15 is 4.79 Å². The maximum Gasteiger partial charge on any atom is 0.314 e. The normalized spacial score (nSPS) is 45.2. The Labute approximate surface area is 333 Å². The van der Waals surface area contributed by atoms with Crippen LogP contribution in [0.1, 0.15) is 140 Å². The fraction of sp³-hybridized carbons (Fsp3) is 0.886. The summed E-state index contributed by atoms with van der Waals surface area (Å²) in [6.07, 6.45) is 1.96. The monoisotopic (exact) mass is 788 g/mol. The molecule has 6 rings (SSSR count). The Morgan fingerprint density at radius 3 is 1.89 bits per heavy atom. The van der Waals surface area contributed by atoms with Gasteiger partial charge in [-0.15, -0.1) is 0 Å². The van der Waals surface area contributed by atoms with Gasteiger partial charge in [0, 0.05) is 27.7 Å². The molecule has 1 saturated heterocycles. The lowest BCUT2D eigenvalue weighted by atomic mass is 9.32. The van der Waals surface area contributed by atoms with Crippen LogP contribution in [-0.2, 0) is 52.4 Å². The number of aliphatic hydroxyl groups is 1. The highest BCUT2D eigenvalue weighted by Gasteiger charge is 2.72. The quantitative estimate of drug-likeness (QED) is 0.205. The van der Waals surface area contributed by atoms with Crippen molar-refractivity contribution in [2.24, 2.45) is 62.6 Å². The molecule has 0 unspecified atom stereocenters. The molecule has 0 aromatic carbocycles. The molecule has 0 aromatic heterocycles. The summed E-state index contributed by atoms with van der Waals surface area (Å²) >= 11 is 0. The predicted molar refractivity (Wildman–Crippen MR) is 203 cm³/mol. The standard InChI is InChI=1S/C44H68O12/c1-23(2)28-14-19-44(39(50)56-38-37(54-27(6)48)36(53-26(5)47)35(52-25(4)46)30(55-38)22-51-24(3)45)21-20-42(10)29(34(28)44)12-13-32-41(9)17-16-33(49)40(7,8)31(41)15-18-43(32,42)11/h23,28-38,49H,12-22H2,1-11H3/t28-,29+,30+,31-,32+,33-,34+,35-,36-,37+,38-,41-,42+,43+,44-/m0/s1. The molecule has 0 bridgehead atoms. The number of rotatable bonds is 8. The van der Waals surface area contributed by atoms with Crippen molar-refractivity contribution in [3.63, 3.8) is 0 Å². The van der Waals surface area contributed by atoms with Crippen molar-refractivity contribution in [1.82, 2.24) is 0 Å². The fourth-order valence-corrected chi connectivity index (χ4v) is 14.2. The van der Waals surface area contributed by atoms with Gasteiger partial charge in [-0.05, 0) is 121 Å². The highest BCUT2D eigenvalue weighted by Crippen LogP contribution is 2.77. The molecule has 1 N–H and O–H groups in total. The second-order valence-corrected chi connectivity index (χ2v) is 20.1. The van der Waals surface area contributed by atoms with E-state index < -0.39 is 72.6 Å². The van der Waals surface area contributed by atoms with Crippen molar-refractivity contribution in [3.05, 3.63) is 0 Å². The van der Waals surface area contributed by atoms with Gasteiger partial charge in [-0.1, -0.05) is 48.5 Å². The molecule has 6 aliphatic rings. The van der Waals surface area contributed by atoms with Crippen molar-refractivity contribution in [2.45, 2.75) is 177 Å².